The van der Waals surface area contributed by atoms with Crippen LogP contribution in [0, 0.1) is 10.1 Å². The summed E-state index contributed by atoms with van der Waals surface area (Å²) in [6.07, 6.45) is 1.18. The highest BCUT2D eigenvalue weighted by Crippen LogP contribution is 2.29. The van der Waals surface area contributed by atoms with Crippen molar-refractivity contribution >= 4 is 22.8 Å². The Labute approximate surface area is 146 Å². The Morgan fingerprint density at radius 2 is 2.00 bits per heavy atom. The van der Waals surface area contributed by atoms with E-state index in [0.29, 0.717) is 15.6 Å². The Kier molecular flexibility index (Phi) is 4.61. The van der Waals surface area contributed by atoms with Gasteiger partial charge in [-0.2, -0.15) is 5.10 Å². The zero-order chi connectivity index (χ0) is 18.7. The summed E-state index contributed by atoms with van der Waals surface area (Å²) in [6, 6.07) is 10.9. The summed E-state index contributed by atoms with van der Waals surface area (Å²) in [5.74, 6) is 0.0222. The van der Waals surface area contributed by atoms with Crippen LogP contribution in [0.3, 0.4) is 0 Å². The number of para-hydroxylation sites is 2. The van der Waals surface area contributed by atoms with Gasteiger partial charge >= 0.3 is 11.4 Å². The first kappa shape index (κ1) is 17.1. The minimum absolute atomic E-state index is 0.0222. The number of hydrogen-bond acceptors (Lipinski definition) is 6. The van der Waals surface area contributed by atoms with E-state index in [1.54, 1.807) is 37.3 Å². The molecule has 0 bridgehead atoms. The summed E-state index contributed by atoms with van der Waals surface area (Å²) < 4.78 is 6.01. The monoisotopic (exact) mass is 354 g/mol. The smallest absolute Gasteiger partial charge is 0.349 e. The van der Waals surface area contributed by atoms with Crippen LogP contribution in [-0.4, -0.2) is 27.4 Å². The maximum atomic E-state index is 12.4. The number of nitrogens with zero attached hydrogens (tertiary/aromatic N) is 3. The third-order valence-electron chi connectivity index (χ3n) is 3.61. The summed E-state index contributed by atoms with van der Waals surface area (Å²) in [5, 5.41) is 15.3. The van der Waals surface area contributed by atoms with Crippen molar-refractivity contribution in [1.29, 1.82) is 0 Å². The van der Waals surface area contributed by atoms with Crippen LogP contribution in [0.2, 0.25) is 0 Å². The SMILES string of the molecule is CCOc1c(C=Nn2c(=O)[nH]c3ccccc3c2=O)cccc1[N+](=O)[O-]. The Morgan fingerprint density at radius 3 is 2.73 bits per heavy atom. The van der Waals surface area contributed by atoms with Crippen LogP contribution in [0.1, 0.15) is 12.5 Å². The zero-order valence-electron chi connectivity index (χ0n) is 13.7. The number of H-pyrrole nitrogens is 1. The van der Waals surface area contributed by atoms with Gasteiger partial charge in [0.1, 0.15) is 0 Å². The van der Waals surface area contributed by atoms with Crippen LogP contribution in [0.5, 0.6) is 5.75 Å². The van der Waals surface area contributed by atoms with Crippen LogP contribution in [0.25, 0.3) is 10.9 Å². The number of hydrogen-bond donors (Lipinski definition) is 1. The Balaban J connectivity index is 2.13. The van der Waals surface area contributed by atoms with Crippen molar-refractivity contribution < 1.29 is 9.66 Å². The lowest BCUT2D eigenvalue weighted by atomic mass is 10.2. The van der Waals surface area contributed by atoms with Crippen molar-refractivity contribution in [2.24, 2.45) is 5.10 Å². The third kappa shape index (κ3) is 3.09. The number of rotatable bonds is 5. The van der Waals surface area contributed by atoms with E-state index in [4.69, 9.17) is 4.74 Å². The lowest BCUT2D eigenvalue weighted by molar-refractivity contribution is -0.385. The fourth-order valence-corrected chi connectivity index (χ4v) is 2.47. The van der Waals surface area contributed by atoms with Gasteiger partial charge in [-0.15, -0.1) is 4.68 Å². The van der Waals surface area contributed by atoms with Crippen molar-refractivity contribution in [3.8, 4) is 5.75 Å². The minimum Gasteiger partial charge on any atom is -0.487 e. The lowest BCUT2D eigenvalue weighted by Crippen LogP contribution is -2.32. The predicted octanol–water partition coefficient (Wildman–Crippen LogP) is 1.88. The number of benzene rings is 2. The molecular weight excluding hydrogens is 340 g/mol. The number of nitrogens with one attached hydrogen (secondary N) is 1. The lowest BCUT2D eigenvalue weighted by Gasteiger charge is -2.07. The number of aromatic amines is 1. The molecule has 3 aromatic rings. The molecule has 9 heteroatoms. The van der Waals surface area contributed by atoms with Crippen LogP contribution >= 0.6 is 0 Å². The van der Waals surface area contributed by atoms with Gasteiger partial charge in [-0.05, 0) is 25.1 Å². The fourth-order valence-electron chi connectivity index (χ4n) is 2.47. The van der Waals surface area contributed by atoms with Crippen molar-refractivity contribution in [3.63, 3.8) is 0 Å². The van der Waals surface area contributed by atoms with Gasteiger partial charge in [0.05, 0.1) is 28.6 Å². The first-order valence-electron chi connectivity index (χ1n) is 7.71. The molecule has 0 fully saturated rings. The molecule has 3 rings (SSSR count). The summed E-state index contributed by atoms with van der Waals surface area (Å²) in [6.45, 7) is 1.90. The molecule has 1 aromatic heterocycles. The van der Waals surface area contributed by atoms with E-state index in [1.165, 1.54) is 18.3 Å². The highest BCUT2D eigenvalue weighted by Gasteiger charge is 2.18. The van der Waals surface area contributed by atoms with Crippen molar-refractivity contribution in [3.05, 3.63) is 79.0 Å². The van der Waals surface area contributed by atoms with Gasteiger partial charge in [0.2, 0.25) is 5.75 Å². The molecule has 0 radical (unpaired) electrons. The van der Waals surface area contributed by atoms with Crippen molar-refractivity contribution in [2.75, 3.05) is 6.61 Å². The molecule has 0 aliphatic rings. The molecule has 132 valence electrons. The van der Waals surface area contributed by atoms with Crippen LogP contribution in [-0.2, 0) is 0 Å². The summed E-state index contributed by atoms with van der Waals surface area (Å²) >= 11 is 0. The number of nitro groups is 1. The van der Waals surface area contributed by atoms with Gasteiger partial charge in [-0.25, -0.2) is 4.79 Å². The second-order valence-electron chi connectivity index (χ2n) is 5.22. The van der Waals surface area contributed by atoms with Crippen LogP contribution in [0.15, 0.2) is 57.2 Å². The molecule has 0 saturated carbocycles. The fraction of sp³-hybridized carbons (Fsp3) is 0.118. The zero-order valence-corrected chi connectivity index (χ0v) is 13.7. The summed E-state index contributed by atoms with van der Waals surface area (Å²) in [5.41, 5.74) is -0.854. The van der Waals surface area contributed by atoms with E-state index in [9.17, 15) is 19.7 Å². The standard InChI is InChI=1S/C17H14N4O5/c1-2-26-15-11(6-5-9-14(15)21(24)25)10-18-20-16(22)12-7-3-4-8-13(12)19-17(20)23/h3-10H,2H2,1H3,(H,19,23). The molecule has 0 aliphatic heterocycles. The Hall–Kier alpha value is -3.75. The van der Waals surface area contributed by atoms with Gasteiger partial charge in [-0.1, -0.05) is 18.2 Å². The quantitative estimate of drug-likeness (QED) is 0.426. The molecule has 9 nitrogen and oxygen atoms in total. The van der Waals surface area contributed by atoms with E-state index >= 15 is 0 Å². The molecule has 1 N–H and O–H groups in total. The topological polar surface area (TPSA) is 120 Å². The van der Waals surface area contributed by atoms with Crippen molar-refractivity contribution in [2.45, 2.75) is 6.92 Å². The van der Waals surface area contributed by atoms with Gasteiger partial charge in [0.15, 0.2) is 0 Å². The highest BCUT2D eigenvalue weighted by molar-refractivity contribution is 5.86. The number of nitro benzene ring substituents is 1. The van der Waals surface area contributed by atoms with E-state index in [-0.39, 0.29) is 23.6 Å². The average molecular weight is 354 g/mol. The number of aromatic nitrogens is 2. The second-order valence-corrected chi connectivity index (χ2v) is 5.22. The van der Waals surface area contributed by atoms with Gasteiger partial charge in [0.25, 0.3) is 5.56 Å². The first-order valence-corrected chi connectivity index (χ1v) is 7.71. The van der Waals surface area contributed by atoms with E-state index < -0.39 is 16.2 Å². The predicted molar refractivity (Wildman–Crippen MR) is 96.1 cm³/mol. The first-order chi connectivity index (χ1) is 12.5. The van der Waals surface area contributed by atoms with Gasteiger partial charge in [-0.3, -0.25) is 14.9 Å². The summed E-state index contributed by atoms with van der Waals surface area (Å²) in [4.78, 5) is 37.7. The Bertz CT molecular complexity index is 1130. The molecule has 0 saturated heterocycles. The second kappa shape index (κ2) is 7.01. The normalized spacial score (nSPS) is 11.1. The molecule has 0 amide bonds. The molecule has 0 spiro atoms. The van der Waals surface area contributed by atoms with Crippen LogP contribution in [0.4, 0.5) is 5.69 Å². The van der Waals surface area contributed by atoms with Gasteiger partial charge in [0, 0.05) is 11.6 Å². The molecule has 0 atom stereocenters. The van der Waals surface area contributed by atoms with E-state index in [1.807, 2.05) is 0 Å². The third-order valence-corrected chi connectivity index (χ3v) is 3.61. The number of fused-ring (bicyclic) bond motifs is 1. The number of ether oxygens (including phenoxy) is 1. The van der Waals surface area contributed by atoms with Crippen LogP contribution < -0.4 is 16.0 Å². The van der Waals surface area contributed by atoms with Crippen molar-refractivity contribution in [1.82, 2.24) is 9.66 Å². The maximum Gasteiger partial charge on any atom is 0.349 e. The Morgan fingerprint density at radius 1 is 1.23 bits per heavy atom. The molecule has 0 unspecified atom stereocenters. The minimum atomic E-state index is -0.714. The largest absolute Gasteiger partial charge is 0.487 e. The summed E-state index contributed by atoms with van der Waals surface area (Å²) in [7, 11) is 0. The molecule has 0 aliphatic carbocycles. The average Bonchev–Trinajstić information content (AvgIpc) is 2.62. The van der Waals surface area contributed by atoms with E-state index in [0.717, 1.165) is 0 Å². The molecule has 2 aromatic carbocycles. The highest BCUT2D eigenvalue weighted by atomic mass is 16.6. The van der Waals surface area contributed by atoms with Gasteiger partial charge < -0.3 is 9.72 Å². The van der Waals surface area contributed by atoms with E-state index in [2.05, 4.69) is 10.1 Å². The molecule has 1 heterocycles. The molecule has 26 heavy (non-hydrogen) atoms. The molecular formula is C17H14N4O5. The maximum absolute atomic E-state index is 12.4.